The predicted octanol–water partition coefficient (Wildman–Crippen LogP) is 2.79. The molecule has 4 heteroatoms. The smallest absolute Gasteiger partial charge is 0.170 e. The standard InChI is InChI=1S/C13H20N2OS/c1-2-3-10-16-11-9-14-13(17)15-12-7-5-4-6-8-12/h4-8H,2-3,9-11H2,1H3,(H2,14,15,17). The molecule has 1 aromatic rings. The van der Waals surface area contributed by atoms with E-state index in [1.807, 2.05) is 30.3 Å². The van der Waals surface area contributed by atoms with Gasteiger partial charge >= 0.3 is 0 Å². The van der Waals surface area contributed by atoms with E-state index in [1.165, 1.54) is 6.42 Å². The zero-order valence-corrected chi connectivity index (χ0v) is 11.1. The van der Waals surface area contributed by atoms with Gasteiger partial charge in [-0.05, 0) is 30.8 Å². The van der Waals surface area contributed by atoms with Gasteiger partial charge in [0.15, 0.2) is 5.11 Å². The van der Waals surface area contributed by atoms with Crippen LogP contribution in [-0.2, 0) is 4.74 Å². The lowest BCUT2D eigenvalue weighted by Crippen LogP contribution is -2.31. The SMILES string of the molecule is CCCCOCCNC(=S)Nc1ccccc1. The fraction of sp³-hybridized carbons (Fsp3) is 0.462. The van der Waals surface area contributed by atoms with E-state index in [2.05, 4.69) is 17.6 Å². The highest BCUT2D eigenvalue weighted by molar-refractivity contribution is 7.80. The molecule has 0 aliphatic rings. The molecule has 0 saturated heterocycles. The molecule has 0 aliphatic carbocycles. The number of ether oxygens (including phenoxy) is 1. The van der Waals surface area contributed by atoms with Gasteiger partial charge in [-0.1, -0.05) is 31.5 Å². The predicted molar refractivity (Wildman–Crippen MR) is 76.4 cm³/mol. The van der Waals surface area contributed by atoms with Crippen LogP contribution in [0.4, 0.5) is 5.69 Å². The maximum Gasteiger partial charge on any atom is 0.170 e. The number of rotatable bonds is 7. The van der Waals surface area contributed by atoms with Crippen molar-refractivity contribution < 1.29 is 4.74 Å². The minimum absolute atomic E-state index is 0.635. The molecular weight excluding hydrogens is 232 g/mol. The van der Waals surface area contributed by atoms with Gasteiger partial charge in [0.05, 0.1) is 6.61 Å². The van der Waals surface area contributed by atoms with Crippen LogP contribution in [0.25, 0.3) is 0 Å². The highest BCUT2D eigenvalue weighted by atomic mass is 32.1. The second kappa shape index (κ2) is 8.96. The first-order chi connectivity index (χ1) is 8.33. The summed E-state index contributed by atoms with van der Waals surface area (Å²) in [5.74, 6) is 0. The molecule has 2 N–H and O–H groups in total. The zero-order chi connectivity index (χ0) is 12.3. The normalized spacial score (nSPS) is 9.94. The van der Waals surface area contributed by atoms with Gasteiger partial charge in [0.25, 0.3) is 0 Å². The van der Waals surface area contributed by atoms with Gasteiger partial charge in [-0.3, -0.25) is 0 Å². The van der Waals surface area contributed by atoms with Gasteiger partial charge in [-0.15, -0.1) is 0 Å². The van der Waals surface area contributed by atoms with Crippen LogP contribution >= 0.6 is 12.2 Å². The molecule has 0 aromatic heterocycles. The Labute approximate surface area is 109 Å². The van der Waals surface area contributed by atoms with Crippen molar-refractivity contribution in [2.45, 2.75) is 19.8 Å². The zero-order valence-electron chi connectivity index (χ0n) is 10.2. The Hall–Kier alpha value is -1.13. The summed E-state index contributed by atoms with van der Waals surface area (Å²) >= 11 is 5.16. The Morgan fingerprint density at radius 1 is 1.24 bits per heavy atom. The van der Waals surface area contributed by atoms with Crippen molar-refractivity contribution in [1.29, 1.82) is 0 Å². The minimum atomic E-state index is 0.635. The number of benzene rings is 1. The lowest BCUT2D eigenvalue weighted by Gasteiger charge is -2.10. The van der Waals surface area contributed by atoms with E-state index in [0.29, 0.717) is 11.7 Å². The summed E-state index contributed by atoms with van der Waals surface area (Å²) in [6.07, 6.45) is 2.29. The van der Waals surface area contributed by atoms with E-state index in [9.17, 15) is 0 Å². The third-order valence-electron chi connectivity index (χ3n) is 2.21. The number of anilines is 1. The Bertz CT molecular complexity index is 316. The molecule has 0 saturated carbocycles. The van der Waals surface area contributed by atoms with Gasteiger partial charge < -0.3 is 15.4 Å². The lowest BCUT2D eigenvalue weighted by molar-refractivity contribution is 0.136. The van der Waals surface area contributed by atoms with E-state index in [-0.39, 0.29) is 0 Å². The largest absolute Gasteiger partial charge is 0.380 e. The van der Waals surface area contributed by atoms with E-state index in [4.69, 9.17) is 17.0 Å². The Morgan fingerprint density at radius 3 is 2.71 bits per heavy atom. The number of unbranched alkanes of at least 4 members (excludes halogenated alkanes) is 1. The van der Waals surface area contributed by atoms with Crippen LogP contribution in [0, 0.1) is 0 Å². The molecule has 0 heterocycles. The molecule has 1 aromatic carbocycles. The third kappa shape index (κ3) is 6.92. The van der Waals surface area contributed by atoms with Gasteiger partial charge in [-0.2, -0.15) is 0 Å². The summed E-state index contributed by atoms with van der Waals surface area (Å²) in [4.78, 5) is 0. The first kappa shape index (κ1) is 13.9. The van der Waals surface area contributed by atoms with Crippen molar-refractivity contribution in [3.8, 4) is 0 Å². The summed E-state index contributed by atoms with van der Waals surface area (Å²) in [6.45, 7) is 4.41. The van der Waals surface area contributed by atoms with Gasteiger partial charge in [0.1, 0.15) is 0 Å². The molecule has 0 radical (unpaired) electrons. The van der Waals surface area contributed by atoms with Crippen LogP contribution in [0.3, 0.4) is 0 Å². The van der Waals surface area contributed by atoms with Crippen LogP contribution < -0.4 is 10.6 Å². The molecule has 1 rings (SSSR count). The molecule has 0 spiro atoms. The Kier molecular flexibility index (Phi) is 7.34. The second-order valence-electron chi connectivity index (χ2n) is 3.71. The van der Waals surface area contributed by atoms with Crippen LogP contribution in [0.2, 0.25) is 0 Å². The highest BCUT2D eigenvalue weighted by Crippen LogP contribution is 2.03. The average Bonchev–Trinajstić information content (AvgIpc) is 2.35. The van der Waals surface area contributed by atoms with Crippen LogP contribution in [0.15, 0.2) is 30.3 Å². The number of nitrogens with one attached hydrogen (secondary N) is 2. The summed E-state index contributed by atoms with van der Waals surface area (Å²) in [6, 6.07) is 9.87. The fourth-order valence-electron chi connectivity index (χ4n) is 1.28. The van der Waals surface area contributed by atoms with E-state index >= 15 is 0 Å². The number of para-hydroxylation sites is 1. The summed E-state index contributed by atoms with van der Waals surface area (Å²) in [5.41, 5.74) is 0.997. The van der Waals surface area contributed by atoms with Crippen molar-refractivity contribution in [3.63, 3.8) is 0 Å². The van der Waals surface area contributed by atoms with Crippen molar-refractivity contribution in [2.75, 3.05) is 25.1 Å². The molecule has 0 unspecified atom stereocenters. The second-order valence-corrected chi connectivity index (χ2v) is 4.12. The van der Waals surface area contributed by atoms with Crippen LogP contribution in [0.1, 0.15) is 19.8 Å². The average molecular weight is 252 g/mol. The van der Waals surface area contributed by atoms with Crippen molar-refractivity contribution >= 4 is 23.0 Å². The molecule has 94 valence electrons. The maximum absolute atomic E-state index is 5.42. The Balaban J connectivity index is 2.06. The van der Waals surface area contributed by atoms with E-state index in [1.54, 1.807) is 0 Å². The molecular formula is C13H20N2OS. The summed E-state index contributed by atoms with van der Waals surface area (Å²) in [5, 5.41) is 6.85. The minimum Gasteiger partial charge on any atom is -0.380 e. The van der Waals surface area contributed by atoms with Crippen LogP contribution in [-0.4, -0.2) is 24.9 Å². The maximum atomic E-state index is 5.42. The van der Waals surface area contributed by atoms with Crippen LogP contribution in [0.5, 0.6) is 0 Å². The van der Waals surface area contributed by atoms with Crippen molar-refractivity contribution in [3.05, 3.63) is 30.3 Å². The van der Waals surface area contributed by atoms with E-state index < -0.39 is 0 Å². The lowest BCUT2D eigenvalue weighted by atomic mass is 10.3. The highest BCUT2D eigenvalue weighted by Gasteiger charge is 1.95. The fourth-order valence-corrected chi connectivity index (χ4v) is 1.50. The Morgan fingerprint density at radius 2 is 2.00 bits per heavy atom. The summed E-state index contributed by atoms with van der Waals surface area (Å²) < 4.78 is 5.42. The topological polar surface area (TPSA) is 33.3 Å². The number of hydrogen-bond donors (Lipinski definition) is 2. The van der Waals surface area contributed by atoms with Gasteiger partial charge in [0, 0.05) is 18.8 Å². The molecule has 0 aliphatic heterocycles. The molecule has 0 bridgehead atoms. The molecule has 0 amide bonds. The molecule has 0 atom stereocenters. The van der Waals surface area contributed by atoms with Gasteiger partial charge in [-0.25, -0.2) is 0 Å². The first-order valence-electron chi connectivity index (χ1n) is 6.00. The van der Waals surface area contributed by atoms with Gasteiger partial charge in [0.2, 0.25) is 0 Å². The summed E-state index contributed by atoms with van der Waals surface area (Å²) in [7, 11) is 0. The molecule has 17 heavy (non-hydrogen) atoms. The van der Waals surface area contributed by atoms with Crippen molar-refractivity contribution in [1.82, 2.24) is 5.32 Å². The molecule has 3 nitrogen and oxygen atoms in total. The van der Waals surface area contributed by atoms with E-state index in [0.717, 1.165) is 25.3 Å². The first-order valence-corrected chi connectivity index (χ1v) is 6.41. The number of thiocarbonyl (C=S) groups is 1. The molecule has 0 fully saturated rings. The quantitative estimate of drug-likeness (QED) is 0.577. The monoisotopic (exact) mass is 252 g/mol. The number of hydrogen-bond acceptors (Lipinski definition) is 2. The van der Waals surface area contributed by atoms with Crippen molar-refractivity contribution in [2.24, 2.45) is 0 Å². The third-order valence-corrected chi connectivity index (χ3v) is 2.45.